The highest BCUT2D eigenvalue weighted by Gasteiger charge is 2.25. The molecule has 0 spiro atoms. The minimum atomic E-state index is -0.219. The number of benzene rings is 1. The number of nitrogens with one attached hydrogen (secondary N) is 1. The van der Waals surface area contributed by atoms with Crippen molar-refractivity contribution in [3.63, 3.8) is 0 Å². The summed E-state index contributed by atoms with van der Waals surface area (Å²) in [5.41, 5.74) is 4.67. The van der Waals surface area contributed by atoms with Crippen molar-refractivity contribution < 1.29 is 14.3 Å². The third-order valence-corrected chi connectivity index (χ3v) is 6.49. The van der Waals surface area contributed by atoms with Gasteiger partial charge in [-0.15, -0.1) is 5.10 Å². The lowest BCUT2D eigenvalue weighted by Crippen LogP contribution is -2.31. The molecule has 170 valence electrons. The van der Waals surface area contributed by atoms with Crippen LogP contribution in [0.3, 0.4) is 0 Å². The first-order valence-electron chi connectivity index (χ1n) is 11.1. The third kappa shape index (κ3) is 4.47. The number of carbonyl (C=O) groups excluding carboxylic acids is 2. The van der Waals surface area contributed by atoms with Gasteiger partial charge in [0, 0.05) is 31.4 Å². The summed E-state index contributed by atoms with van der Waals surface area (Å²) in [6.07, 6.45) is 4.98. The SMILES string of the molecule is Cc1c(CCN2CCC(CNC(=O)c3ccc(-n4cnnn4)nc3)C2)ccc2c1COC2=O. The van der Waals surface area contributed by atoms with Crippen LogP contribution in [0.4, 0.5) is 0 Å². The van der Waals surface area contributed by atoms with Gasteiger partial charge in [-0.05, 0) is 72.0 Å². The molecular weight excluding hydrogens is 422 g/mol. The number of aromatic nitrogens is 5. The number of tetrazole rings is 1. The Morgan fingerprint density at radius 1 is 1.27 bits per heavy atom. The van der Waals surface area contributed by atoms with Gasteiger partial charge in [0.2, 0.25) is 0 Å². The summed E-state index contributed by atoms with van der Waals surface area (Å²) in [5, 5.41) is 14.0. The fraction of sp³-hybridized carbons (Fsp3) is 0.391. The lowest BCUT2D eigenvalue weighted by molar-refractivity contribution is 0.0534. The molecule has 1 N–H and O–H groups in total. The fourth-order valence-electron chi connectivity index (χ4n) is 4.49. The summed E-state index contributed by atoms with van der Waals surface area (Å²) < 4.78 is 6.59. The van der Waals surface area contributed by atoms with Crippen molar-refractivity contribution in [2.24, 2.45) is 5.92 Å². The summed E-state index contributed by atoms with van der Waals surface area (Å²) in [6, 6.07) is 7.37. The number of esters is 1. The average Bonchev–Trinajstić information content (AvgIpc) is 3.59. The zero-order valence-electron chi connectivity index (χ0n) is 18.4. The van der Waals surface area contributed by atoms with Crippen molar-refractivity contribution in [3.05, 3.63) is 64.6 Å². The van der Waals surface area contributed by atoms with E-state index in [-0.39, 0.29) is 11.9 Å². The number of pyridine rings is 1. The van der Waals surface area contributed by atoms with E-state index in [2.05, 4.69) is 37.6 Å². The van der Waals surface area contributed by atoms with Crippen LogP contribution in [0.25, 0.3) is 5.82 Å². The van der Waals surface area contributed by atoms with Crippen LogP contribution in [0.5, 0.6) is 0 Å². The molecule has 1 aromatic carbocycles. The van der Waals surface area contributed by atoms with Crippen LogP contribution in [0.15, 0.2) is 36.8 Å². The van der Waals surface area contributed by atoms with Gasteiger partial charge < -0.3 is 15.0 Å². The Hall–Kier alpha value is -3.66. The first-order valence-corrected chi connectivity index (χ1v) is 11.1. The van der Waals surface area contributed by atoms with Gasteiger partial charge in [-0.25, -0.2) is 9.78 Å². The lowest BCUT2D eigenvalue weighted by atomic mass is 9.97. The molecule has 2 aromatic heterocycles. The van der Waals surface area contributed by atoms with Gasteiger partial charge in [0.1, 0.15) is 12.9 Å². The van der Waals surface area contributed by atoms with Crippen molar-refractivity contribution in [3.8, 4) is 5.82 Å². The Labute approximate surface area is 190 Å². The van der Waals surface area contributed by atoms with Crippen molar-refractivity contribution in [2.45, 2.75) is 26.4 Å². The number of hydrogen-bond donors (Lipinski definition) is 1. The van der Waals surface area contributed by atoms with E-state index in [0.29, 0.717) is 36.0 Å². The van der Waals surface area contributed by atoms with Gasteiger partial charge >= 0.3 is 5.97 Å². The Morgan fingerprint density at radius 3 is 2.97 bits per heavy atom. The van der Waals surface area contributed by atoms with Crippen LogP contribution >= 0.6 is 0 Å². The molecule has 1 saturated heterocycles. The Balaban J connectivity index is 1.09. The molecule has 10 heteroatoms. The molecule has 2 aliphatic rings. The monoisotopic (exact) mass is 447 g/mol. The second-order valence-electron chi connectivity index (χ2n) is 8.53. The minimum Gasteiger partial charge on any atom is -0.457 e. The highest BCUT2D eigenvalue weighted by Crippen LogP contribution is 2.26. The molecule has 4 heterocycles. The number of carbonyl (C=O) groups is 2. The molecule has 0 bridgehead atoms. The Bertz CT molecular complexity index is 1160. The quantitative estimate of drug-likeness (QED) is 0.540. The van der Waals surface area contributed by atoms with E-state index < -0.39 is 0 Å². The van der Waals surface area contributed by atoms with Crippen LogP contribution in [0.2, 0.25) is 0 Å². The second-order valence-corrected chi connectivity index (χ2v) is 8.53. The number of rotatable bonds is 7. The van der Waals surface area contributed by atoms with Crippen LogP contribution < -0.4 is 5.32 Å². The molecule has 1 unspecified atom stereocenters. The molecule has 2 aliphatic heterocycles. The van der Waals surface area contributed by atoms with Crippen LogP contribution in [0, 0.1) is 12.8 Å². The van der Waals surface area contributed by atoms with Crippen LogP contribution in [0.1, 0.15) is 43.8 Å². The number of cyclic esters (lactones) is 1. The summed E-state index contributed by atoms with van der Waals surface area (Å²) >= 11 is 0. The largest absolute Gasteiger partial charge is 0.457 e. The van der Waals surface area contributed by atoms with Gasteiger partial charge in [0.25, 0.3) is 5.91 Å². The number of hydrogen-bond acceptors (Lipinski definition) is 8. The van der Waals surface area contributed by atoms with E-state index in [1.807, 2.05) is 12.1 Å². The number of nitrogens with zero attached hydrogens (tertiary/aromatic N) is 6. The average molecular weight is 447 g/mol. The molecule has 3 aromatic rings. The zero-order valence-corrected chi connectivity index (χ0v) is 18.4. The lowest BCUT2D eigenvalue weighted by Gasteiger charge is -2.17. The summed E-state index contributed by atoms with van der Waals surface area (Å²) in [7, 11) is 0. The molecule has 1 amide bonds. The smallest absolute Gasteiger partial charge is 0.338 e. The maximum atomic E-state index is 12.5. The predicted molar refractivity (Wildman–Crippen MR) is 118 cm³/mol. The summed E-state index contributed by atoms with van der Waals surface area (Å²) in [4.78, 5) is 30.9. The van der Waals surface area contributed by atoms with E-state index in [1.54, 1.807) is 12.1 Å². The van der Waals surface area contributed by atoms with Crippen molar-refractivity contribution in [1.29, 1.82) is 0 Å². The standard InChI is InChI=1S/C23H25N7O3/c1-15-17(2-4-19-20(15)13-33-23(19)32)7-9-29-8-6-16(12-29)10-25-22(31)18-3-5-21(24-11-18)30-14-26-27-28-30/h2-5,11,14,16H,6-10,12-13H2,1H3,(H,25,31). The number of likely N-dealkylation sites (tertiary alicyclic amines) is 1. The zero-order chi connectivity index (χ0) is 22.8. The van der Waals surface area contributed by atoms with Gasteiger partial charge in [0.05, 0.1) is 11.1 Å². The Kier molecular flexibility index (Phi) is 5.82. The maximum Gasteiger partial charge on any atom is 0.338 e. The summed E-state index contributed by atoms with van der Waals surface area (Å²) in [5.74, 6) is 0.633. The highest BCUT2D eigenvalue weighted by molar-refractivity contribution is 5.94. The van der Waals surface area contributed by atoms with Gasteiger partial charge in [-0.1, -0.05) is 6.07 Å². The minimum absolute atomic E-state index is 0.130. The first-order chi connectivity index (χ1) is 16.1. The van der Waals surface area contributed by atoms with Crippen LogP contribution in [-0.4, -0.2) is 68.1 Å². The molecule has 0 saturated carbocycles. The normalized spacial score (nSPS) is 17.7. The Morgan fingerprint density at radius 2 is 2.18 bits per heavy atom. The number of ether oxygens (including phenoxy) is 1. The number of fused-ring (bicyclic) bond motifs is 1. The molecule has 5 rings (SSSR count). The van der Waals surface area contributed by atoms with E-state index in [9.17, 15) is 9.59 Å². The fourth-order valence-corrected chi connectivity index (χ4v) is 4.49. The van der Waals surface area contributed by atoms with Crippen LogP contribution in [-0.2, 0) is 17.8 Å². The summed E-state index contributed by atoms with van der Waals surface area (Å²) in [6.45, 7) is 6.04. The van der Waals surface area contributed by atoms with Gasteiger partial charge in [-0.3, -0.25) is 4.79 Å². The first kappa shape index (κ1) is 21.2. The molecule has 33 heavy (non-hydrogen) atoms. The predicted octanol–water partition coefficient (Wildman–Crippen LogP) is 1.33. The van der Waals surface area contributed by atoms with E-state index in [4.69, 9.17) is 4.74 Å². The molecule has 0 radical (unpaired) electrons. The maximum absolute atomic E-state index is 12.5. The van der Waals surface area contributed by atoms with Crippen molar-refractivity contribution >= 4 is 11.9 Å². The van der Waals surface area contributed by atoms with Gasteiger partial charge in [0.15, 0.2) is 5.82 Å². The molecule has 1 atom stereocenters. The topological polar surface area (TPSA) is 115 Å². The highest BCUT2D eigenvalue weighted by atomic mass is 16.5. The van der Waals surface area contributed by atoms with Gasteiger partial charge in [-0.2, -0.15) is 4.68 Å². The number of amides is 1. The van der Waals surface area contributed by atoms with Crippen molar-refractivity contribution in [2.75, 3.05) is 26.2 Å². The van der Waals surface area contributed by atoms with E-state index in [1.165, 1.54) is 28.3 Å². The van der Waals surface area contributed by atoms with Crippen molar-refractivity contribution in [1.82, 2.24) is 35.4 Å². The van der Waals surface area contributed by atoms with E-state index in [0.717, 1.165) is 38.0 Å². The van der Waals surface area contributed by atoms with E-state index >= 15 is 0 Å². The molecule has 0 aliphatic carbocycles. The third-order valence-electron chi connectivity index (χ3n) is 6.49. The second kappa shape index (κ2) is 9.07. The molecular formula is C23H25N7O3. The molecule has 1 fully saturated rings. The molecule has 10 nitrogen and oxygen atoms in total.